The summed E-state index contributed by atoms with van der Waals surface area (Å²) in [5, 5.41) is 3.82. The topological polar surface area (TPSA) is 15.3 Å². The summed E-state index contributed by atoms with van der Waals surface area (Å²) in [6.07, 6.45) is 6.43. The lowest BCUT2D eigenvalue weighted by Crippen LogP contribution is -2.64. The van der Waals surface area contributed by atoms with Gasteiger partial charge in [0.25, 0.3) is 0 Å². The van der Waals surface area contributed by atoms with Gasteiger partial charge in [0.05, 0.1) is 0 Å². The number of thioether (sulfide) groups is 1. The fourth-order valence-electron chi connectivity index (χ4n) is 3.38. The zero-order chi connectivity index (χ0) is 13.2. The number of hydrogen-bond acceptors (Lipinski definition) is 3. The van der Waals surface area contributed by atoms with Crippen molar-refractivity contribution < 1.29 is 0 Å². The fourth-order valence-corrected chi connectivity index (χ4v) is 3.79. The van der Waals surface area contributed by atoms with Crippen LogP contribution in [0.5, 0.6) is 0 Å². The molecule has 0 spiro atoms. The highest BCUT2D eigenvalue weighted by Gasteiger charge is 2.47. The van der Waals surface area contributed by atoms with Crippen LogP contribution in [0.4, 0.5) is 0 Å². The second kappa shape index (κ2) is 6.15. The van der Waals surface area contributed by atoms with Crippen LogP contribution in [0.25, 0.3) is 0 Å². The van der Waals surface area contributed by atoms with Gasteiger partial charge < -0.3 is 5.32 Å². The second-order valence-corrected chi connectivity index (χ2v) is 7.76. The van der Waals surface area contributed by atoms with E-state index in [0.29, 0.717) is 11.6 Å². The molecule has 2 rings (SSSR count). The molecule has 0 radical (unpaired) electrons. The Morgan fingerprint density at radius 3 is 2.67 bits per heavy atom. The number of piperazine rings is 1. The van der Waals surface area contributed by atoms with Crippen molar-refractivity contribution in [1.82, 2.24) is 10.2 Å². The summed E-state index contributed by atoms with van der Waals surface area (Å²) >= 11 is 1.98. The van der Waals surface area contributed by atoms with Crippen LogP contribution in [0.3, 0.4) is 0 Å². The van der Waals surface area contributed by atoms with Crippen LogP contribution >= 0.6 is 11.8 Å². The summed E-state index contributed by atoms with van der Waals surface area (Å²) in [5.41, 5.74) is 0.434. The zero-order valence-electron chi connectivity index (χ0n) is 12.5. The number of rotatable bonds is 6. The molecule has 1 aliphatic heterocycles. The van der Waals surface area contributed by atoms with Gasteiger partial charge >= 0.3 is 0 Å². The molecule has 1 heterocycles. The number of nitrogens with one attached hydrogen (secondary N) is 1. The molecule has 0 aromatic carbocycles. The summed E-state index contributed by atoms with van der Waals surface area (Å²) in [7, 11) is 0. The molecular formula is C15H30N2S. The maximum atomic E-state index is 3.82. The van der Waals surface area contributed by atoms with Crippen molar-refractivity contribution in [2.45, 2.75) is 51.6 Å². The van der Waals surface area contributed by atoms with Crippen LogP contribution < -0.4 is 5.32 Å². The Balaban J connectivity index is 1.96. The van der Waals surface area contributed by atoms with Crippen LogP contribution in [-0.4, -0.2) is 48.1 Å². The Kier molecular flexibility index (Phi) is 5.01. The molecule has 18 heavy (non-hydrogen) atoms. The Bertz CT molecular complexity index is 265. The maximum Gasteiger partial charge on any atom is 0.0335 e. The third-order valence-electron chi connectivity index (χ3n) is 4.69. The Labute approximate surface area is 117 Å². The lowest BCUT2D eigenvalue weighted by molar-refractivity contribution is 0.0367. The Morgan fingerprint density at radius 1 is 1.39 bits per heavy atom. The first-order valence-corrected chi connectivity index (χ1v) is 8.93. The van der Waals surface area contributed by atoms with Gasteiger partial charge in [0, 0.05) is 37.0 Å². The zero-order valence-corrected chi connectivity index (χ0v) is 13.4. The monoisotopic (exact) mass is 270 g/mol. The van der Waals surface area contributed by atoms with Gasteiger partial charge in [-0.05, 0) is 44.3 Å². The maximum absolute atomic E-state index is 3.82. The summed E-state index contributed by atoms with van der Waals surface area (Å²) in [4.78, 5) is 2.80. The van der Waals surface area contributed by atoms with Gasteiger partial charge in [0.15, 0.2) is 0 Å². The lowest BCUT2D eigenvalue weighted by Gasteiger charge is -2.49. The van der Waals surface area contributed by atoms with E-state index in [0.717, 1.165) is 11.8 Å². The molecule has 2 fully saturated rings. The van der Waals surface area contributed by atoms with Gasteiger partial charge in [0.2, 0.25) is 0 Å². The van der Waals surface area contributed by atoms with Crippen molar-refractivity contribution in [3.63, 3.8) is 0 Å². The number of hydrogen-bond donors (Lipinski definition) is 1. The third kappa shape index (κ3) is 3.43. The highest BCUT2D eigenvalue weighted by molar-refractivity contribution is 7.98. The standard InChI is InChI=1S/C15H30N2S/c1-12(2)9-14-10-17(7-8-18-4)15(3,11-16-14)13-5-6-13/h12-14,16H,5-11H2,1-4H3. The van der Waals surface area contributed by atoms with Crippen LogP contribution in [-0.2, 0) is 0 Å². The minimum Gasteiger partial charge on any atom is -0.311 e. The van der Waals surface area contributed by atoms with Crippen LogP contribution in [0, 0.1) is 11.8 Å². The van der Waals surface area contributed by atoms with Gasteiger partial charge in [-0.1, -0.05) is 13.8 Å². The van der Waals surface area contributed by atoms with Crippen LogP contribution in [0.1, 0.15) is 40.0 Å². The van der Waals surface area contributed by atoms with E-state index < -0.39 is 0 Å². The normalized spacial score (nSPS) is 34.2. The third-order valence-corrected chi connectivity index (χ3v) is 5.28. The van der Waals surface area contributed by atoms with Crippen molar-refractivity contribution in [3.8, 4) is 0 Å². The highest BCUT2D eigenvalue weighted by atomic mass is 32.2. The lowest BCUT2D eigenvalue weighted by atomic mass is 9.88. The molecule has 3 heteroatoms. The largest absolute Gasteiger partial charge is 0.311 e. The van der Waals surface area contributed by atoms with Crippen molar-refractivity contribution in [2.24, 2.45) is 11.8 Å². The average Bonchev–Trinajstić information content (AvgIpc) is 3.13. The molecule has 2 atom stereocenters. The van der Waals surface area contributed by atoms with E-state index in [-0.39, 0.29) is 0 Å². The molecule has 0 aromatic heterocycles. The SMILES string of the molecule is CSCCN1CC(CC(C)C)NCC1(C)C1CC1. The van der Waals surface area contributed by atoms with Gasteiger partial charge in [-0.2, -0.15) is 11.8 Å². The summed E-state index contributed by atoms with van der Waals surface area (Å²) < 4.78 is 0. The van der Waals surface area contributed by atoms with Crippen molar-refractivity contribution in [1.29, 1.82) is 0 Å². The predicted molar refractivity (Wildman–Crippen MR) is 82.3 cm³/mol. The van der Waals surface area contributed by atoms with Gasteiger partial charge in [0.1, 0.15) is 0 Å². The van der Waals surface area contributed by atoms with E-state index in [4.69, 9.17) is 0 Å². The van der Waals surface area contributed by atoms with Crippen molar-refractivity contribution >= 4 is 11.8 Å². The molecule has 0 bridgehead atoms. The molecule has 0 aromatic rings. The summed E-state index contributed by atoms with van der Waals surface area (Å²) in [5.74, 6) is 3.03. The molecule has 1 aliphatic carbocycles. The van der Waals surface area contributed by atoms with Crippen molar-refractivity contribution in [3.05, 3.63) is 0 Å². The van der Waals surface area contributed by atoms with Gasteiger partial charge in [-0.3, -0.25) is 4.90 Å². The molecule has 2 unspecified atom stereocenters. The summed E-state index contributed by atoms with van der Waals surface area (Å²) in [6, 6.07) is 0.707. The molecule has 2 nitrogen and oxygen atoms in total. The first-order chi connectivity index (χ1) is 8.56. The molecule has 0 amide bonds. The first-order valence-electron chi connectivity index (χ1n) is 7.53. The quantitative estimate of drug-likeness (QED) is 0.799. The van der Waals surface area contributed by atoms with Gasteiger partial charge in [-0.15, -0.1) is 0 Å². The highest BCUT2D eigenvalue weighted by Crippen LogP contribution is 2.44. The van der Waals surface area contributed by atoms with E-state index in [9.17, 15) is 0 Å². The van der Waals surface area contributed by atoms with E-state index in [1.54, 1.807) is 0 Å². The summed E-state index contributed by atoms with van der Waals surface area (Å²) in [6.45, 7) is 10.9. The molecule has 1 saturated heterocycles. The molecule has 1 N–H and O–H groups in total. The smallest absolute Gasteiger partial charge is 0.0335 e. The van der Waals surface area contributed by atoms with Crippen molar-refractivity contribution in [2.75, 3.05) is 31.6 Å². The van der Waals surface area contributed by atoms with E-state index >= 15 is 0 Å². The van der Waals surface area contributed by atoms with Crippen LogP contribution in [0.15, 0.2) is 0 Å². The first kappa shape index (κ1) is 14.7. The molecular weight excluding hydrogens is 240 g/mol. The minimum absolute atomic E-state index is 0.434. The fraction of sp³-hybridized carbons (Fsp3) is 1.00. The van der Waals surface area contributed by atoms with E-state index in [2.05, 4.69) is 37.2 Å². The van der Waals surface area contributed by atoms with E-state index in [1.807, 2.05) is 11.8 Å². The molecule has 1 saturated carbocycles. The Morgan fingerprint density at radius 2 is 2.11 bits per heavy atom. The second-order valence-electron chi connectivity index (χ2n) is 6.78. The van der Waals surface area contributed by atoms with Crippen LogP contribution in [0.2, 0.25) is 0 Å². The molecule has 2 aliphatic rings. The molecule has 106 valence electrons. The Hall–Kier alpha value is 0.270. The number of nitrogens with zero attached hydrogens (tertiary/aromatic N) is 1. The van der Waals surface area contributed by atoms with Gasteiger partial charge in [-0.25, -0.2) is 0 Å². The minimum atomic E-state index is 0.434. The van der Waals surface area contributed by atoms with E-state index in [1.165, 1.54) is 44.6 Å². The average molecular weight is 270 g/mol. The predicted octanol–water partition coefficient (Wildman–Crippen LogP) is 2.84.